The van der Waals surface area contributed by atoms with E-state index in [9.17, 15) is 13.2 Å². The molecule has 0 radical (unpaired) electrons. The number of cyclic esters (lactones) is 1. The van der Waals surface area contributed by atoms with Gasteiger partial charge in [0.05, 0.1) is 18.4 Å². The molecule has 0 bridgehead atoms. The molecule has 2 aliphatic rings. The fourth-order valence-corrected chi connectivity index (χ4v) is 3.85. The van der Waals surface area contributed by atoms with E-state index in [1.54, 1.807) is 6.08 Å². The number of piperidine rings is 1. The highest BCUT2D eigenvalue weighted by molar-refractivity contribution is 7.85. The van der Waals surface area contributed by atoms with Crippen molar-refractivity contribution in [2.45, 2.75) is 25.4 Å². The Kier molecular flexibility index (Phi) is 5.68. The third-order valence-corrected chi connectivity index (χ3v) is 5.52. The number of anilines is 2. The van der Waals surface area contributed by atoms with Gasteiger partial charge in [-0.15, -0.1) is 0 Å². The molecule has 27 heavy (non-hydrogen) atoms. The van der Waals surface area contributed by atoms with Crippen LogP contribution in [0, 0.1) is 11.3 Å². The van der Waals surface area contributed by atoms with Gasteiger partial charge in [-0.05, 0) is 37.1 Å². The highest BCUT2D eigenvalue weighted by Crippen LogP contribution is 2.28. The number of nitriles is 1. The molecular formula is C18H21N3O5S. The summed E-state index contributed by atoms with van der Waals surface area (Å²) in [5, 5.41) is 8.72. The molecule has 3 rings (SSSR count). The molecule has 1 atom stereocenters. The number of nitrogens with zero attached hydrogens (tertiary/aromatic N) is 3. The smallest absolute Gasteiger partial charge is 0.414 e. The van der Waals surface area contributed by atoms with Crippen molar-refractivity contribution in [3.63, 3.8) is 0 Å². The Morgan fingerprint density at radius 1 is 1.22 bits per heavy atom. The zero-order valence-electron chi connectivity index (χ0n) is 14.7. The Morgan fingerprint density at radius 3 is 2.44 bits per heavy atom. The second-order valence-electron chi connectivity index (χ2n) is 6.63. The fourth-order valence-electron chi connectivity index (χ4n) is 3.29. The maximum atomic E-state index is 12.0. The van der Waals surface area contributed by atoms with Gasteiger partial charge < -0.3 is 9.64 Å². The van der Waals surface area contributed by atoms with E-state index in [0.717, 1.165) is 31.6 Å². The third-order valence-electron chi connectivity index (χ3n) is 4.77. The predicted octanol–water partition coefficient (Wildman–Crippen LogP) is 2.34. The minimum absolute atomic E-state index is 0.0610. The lowest BCUT2D eigenvalue weighted by molar-refractivity contribution is 0.139. The van der Waals surface area contributed by atoms with Gasteiger partial charge in [-0.3, -0.25) is 9.45 Å². The molecule has 1 aromatic carbocycles. The Balaban J connectivity index is 1.60. The Bertz CT molecular complexity index is 863. The van der Waals surface area contributed by atoms with E-state index in [1.165, 1.54) is 10.5 Å². The van der Waals surface area contributed by atoms with Crippen LogP contribution in [0.15, 0.2) is 35.9 Å². The first-order chi connectivity index (χ1) is 12.9. The second-order valence-corrected chi connectivity index (χ2v) is 8.20. The average Bonchev–Trinajstić information content (AvgIpc) is 3.01. The molecule has 0 unspecified atom stereocenters. The molecule has 0 aliphatic carbocycles. The molecule has 0 aromatic heterocycles. The Hall–Kier alpha value is -2.57. The number of ether oxygens (including phenoxy) is 1. The van der Waals surface area contributed by atoms with Crippen LogP contribution in [-0.2, 0) is 14.9 Å². The largest absolute Gasteiger partial charge is 0.444 e. The summed E-state index contributed by atoms with van der Waals surface area (Å²) >= 11 is 0. The molecule has 0 spiro atoms. The number of hydrogen-bond donors (Lipinski definition) is 1. The molecule has 8 nitrogen and oxygen atoms in total. The fraction of sp³-hybridized carbons (Fsp3) is 0.444. The van der Waals surface area contributed by atoms with Crippen molar-refractivity contribution in [1.29, 1.82) is 5.26 Å². The summed E-state index contributed by atoms with van der Waals surface area (Å²) < 4.78 is 35.7. The molecule has 0 saturated carbocycles. The number of carbonyl (C=O) groups excluding carboxylic acids is 1. The van der Waals surface area contributed by atoms with E-state index in [1.807, 2.05) is 24.3 Å². The summed E-state index contributed by atoms with van der Waals surface area (Å²) in [6.45, 7) is 1.94. The van der Waals surface area contributed by atoms with Crippen molar-refractivity contribution in [2.75, 3.05) is 35.2 Å². The SMILES string of the molecule is N#CC=C1CCN(c2ccc(N3C[C@@H](CCS(=O)(=O)O)OC3=O)cc2)CC1. The van der Waals surface area contributed by atoms with Crippen LogP contribution in [0.4, 0.5) is 16.2 Å². The number of allylic oxidation sites excluding steroid dienone is 1. The van der Waals surface area contributed by atoms with Crippen molar-refractivity contribution in [3.8, 4) is 6.07 Å². The van der Waals surface area contributed by atoms with E-state index >= 15 is 0 Å². The van der Waals surface area contributed by atoms with Crippen LogP contribution < -0.4 is 9.80 Å². The molecular weight excluding hydrogens is 370 g/mol. The summed E-state index contributed by atoms with van der Waals surface area (Å²) in [6.07, 6.45) is 2.33. The Morgan fingerprint density at radius 2 is 1.85 bits per heavy atom. The van der Waals surface area contributed by atoms with E-state index in [0.29, 0.717) is 5.69 Å². The van der Waals surface area contributed by atoms with Crippen molar-refractivity contribution < 1.29 is 22.5 Å². The van der Waals surface area contributed by atoms with Gasteiger partial charge in [-0.1, -0.05) is 5.57 Å². The molecule has 2 fully saturated rings. The van der Waals surface area contributed by atoms with Gasteiger partial charge in [0.15, 0.2) is 0 Å². The topological polar surface area (TPSA) is 111 Å². The maximum Gasteiger partial charge on any atom is 0.414 e. The van der Waals surface area contributed by atoms with Crippen LogP contribution in [0.3, 0.4) is 0 Å². The van der Waals surface area contributed by atoms with Crippen LogP contribution >= 0.6 is 0 Å². The zero-order chi connectivity index (χ0) is 19.4. The molecule has 1 aromatic rings. The van der Waals surface area contributed by atoms with Gasteiger partial charge in [0.1, 0.15) is 6.10 Å². The molecule has 9 heteroatoms. The van der Waals surface area contributed by atoms with E-state index < -0.39 is 28.1 Å². The maximum absolute atomic E-state index is 12.0. The van der Waals surface area contributed by atoms with Gasteiger partial charge in [-0.2, -0.15) is 13.7 Å². The van der Waals surface area contributed by atoms with E-state index in [-0.39, 0.29) is 13.0 Å². The van der Waals surface area contributed by atoms with Gasteiger partial charge in [-0.25, -0.2) is 4.79 Å². The summed E-state index contributed by atoms with van der Waals surface area (Å²) in [5.41, 5.74) is 2.89. The lowest BCUT2D eigenvalue weighted by Crippen LogP contribution is -2.30. The molecule has 1 N–H and O–H groups in total. The average molecular weight is 391 g/mol. The first-order valence-corrected chi connectivity index (χ1v) is 10.3. The van der Waals surface area contributed by atoms with Crippen LogP contribution in [0.5, 0.6) is 0 Å². The number of rotatable bonds is 5. The highest BCUT2D eigenvalue weighted by Gasteiger charge is 2.33. The highest BCUT2D eigenvalue weighted by atomic mass is 32.2. The normalized spacial score (nSPS) is 20.4. The van der Waals surface area contributed by atoms with Crippen molar-refractivity contribution in [3.05, 3.63) is 35.9 Å². The summed E-state index contributed by atoms with van der Waals surface area (Å²) in [7, 11) is -4.07. The standard InChI is InChI=1S/C18H21N3O5S/c19-9-5-14-6-10-20(11-7-14)15-1-3-16(4-2-15)21-13-17(26-18(21)22)8-12-27(23,24)25/h1-5,17H,6-8,10-13H2,(H,23,24,25)/t17-/m1/s1. The van der Waals surface area contributed by atoms with Crippen molar-refractivity contribution in [2.24, 2.45) is 0 Å². The number of amides is 1. The number of hydrogen-bond acceptors (Lipinski definition) is 6. The first kappa shape index (κ1) is 19.2. The van der Waals surface area contributed by atoms with Gasteiger partial charge in [0, 0.05) is 37.0 Å². The summed E-state index contributed by atoms with van der Waals surface area (Å²) in [4.78, 5) is 15.7. The van der Waals surface area contributed by atoms with Crippen LogP contribution in [0.1, 0.15) is 19.3 Å². The quantitative estimate of drug-likeness (QED) is 0.606. The zero-order valence-corrected chi connectivity index (χ0v) is 15.6. The van der Waals surface area contributed by atoms with Gasteiger partial charge in [0.25, 0.3) is 10.1 Å². The van der Waals surface area contributed by atoms with Crippen LogP contribution in [-0.4, -0.2) is 50.6 Å². The summed E-state index contributed by atoms with van der Waals surface area (Å²) in [5.74, 6) is -0.436. The van der Waals surface area contributed by atoms with E-state index in [2.05, 4.69) is 11.0 Å². The minimum Gasteiger partial charge on any atom is -0.444 e. The number of carbonyl (C=O) groups is 1. The van der Waals surface area contributed by atoms with Crippen LogP contribution in [0.2, 0.25) is 0 Å². The van der Waals surface area contributed by atoms with Crippen molar-refractivity contribution >= 4 is 27.6 Å². The summed E-state index contributed by atoms with van der Waals surface area (Å²) in [6, 6.07) is 9.63. The molecule has 1 amide bonds. The minimum atomic E-state index is -4.07. The Labute approximate surface area is 158 Å². The van der Waals surface area contributed by atoms with E-state index in [4.69, 9.17) is 14.6 Å². The molecule has 2 heterocycles. The molecule has 144 valence electrons. The predicted molar refractivity (Wildman–Crippen MR) is 100 cm³/mol. The second kappa shape index (κ2) is 7.98. The van der Waals surface area contributed by atoms with Gasteiger partial charge >= 0.3 is 6.09 Å². The lowest BCUT2D eigenvalue weighted by Gasteiger charge is -2.30. The number of benzene rings is 1. The molecule has 2 aliphatic heterocycles. The molecule has 2 saturated heterocycles. The van der Waals surface area contributed by atoms with Crippen molar-refractivity contribution in [1.82, 2.24) is 0 Å². The van der Waals surface area contributed by atoms with Crippen LogP contribution in [0.25, 0.3) is 0 Å². The lowest BCUT2D eigenvalue weighted by atomic mass is 10.0. The third kappa shape index (κ3) is 4.99. The first-order valence-electron chi connectivity index (χ1n) is 8.71. The monoisotopic (exact) mass is 391 g/mol. The van der Waals surface area contributed by atoms with Gasteiger partial charge in [0.2, 0.25) is 0 Å².